The number of hydrogen-bond donors (Lipinski definition) is 1. The average molecular weight is 234 g/mol. The van der Waals surface area contributed by atoms with E-state index >= 15 is 0 Å². The Balaban J connectivity index is 2.16. The molecule has 2 rings (SSSR count). The van der Waals surface area contributed by atoms with Crippen LogP contribution in [0.15, 0.2) is 18.2 Å². The molecule has 0 spiro atoms. The number of nitrogens with two attached hydrogens (primary N) is 1. The smallest absolute Gasteiger partial charge is 0.0615 e. The van der Waals surface area contributed by atoms with Crippen LogP contribution >= 0.6 is 0 Å². The standard InChI is InChI=1S/C14H22N2O/c1-10(9-17-3)16(2)14-7-4-11-8-12(15)5-6-13(11)14/h5-6,8,10,14H,4,7,9,15H2,1-3H3. The summed E-state index contributed by atoms with van der Waals surface area (Å²) in [6, 6.07) is 7.25. The van der Waals surface area contributed by atoms with E-state index < -0.39 is 0 Å². The van der Waals surface area contributed by atoms with Crippen LogP contribution in [-0.4, -0.2) is 31.7 Å². The lowest BCUT2D eigenvalue weighted by molar-refractivity contribution is 0.0891. The summed E-state index contributed by atoms with van der Waals surface area (Å²) in [7, 11) is 3.94. The van der Waals surface area contributed by atoms with Crippen molar-refractivity contribution in [3.05, 3.63) is 29.3 Å². The summed E-state index contributed by atoms with van der Waals surface area (Å²) in [5.41, 5.74) is 9.54. The highest BCUT2D eigenvalue weighted by molar-refractivity contribution is 5.47. The molecule has 3 nitrogen and oxygen atoms in total. The third-order valence-corrected chi connectivity index (χ3v) is 3.81. The van der Waals surface area contributed by atoms with Crippen LogP contribution in [0.5, 0.6) is 0 Å². The highest BCUT2D eigenvalue weighted by Gasteiger charge is 2.28. The monoisotopic (exact) mass is 234 g/mol. The molecule has 2 unspecified atom stereocenters. The Labute approximate surface area is 104 Å². The summed E-state index contributed by atoms with van der Waals surface area (Å²) in [5.74, 6) is 0. The van der Waals surface area contributed by atoms with Gasteiger partial charge in [0.15, 0.2) is 0 Å². The second kappa shape index (κ2) is 5.07. The van der Waals surface area contributed by atoms with Gasteiger partial charge in [-0.25, -0.2) is 0 Å². The van der Waals surface area contributed by atoms with E-state index in [1.54, 1.807) is 7.11 Å². The predicted molar refractivity (Wildman–Crippen MR) is 71.0 cm³/mol. The molecule has 1 aliphatic carbocycles. The van der Waals surface area contributed by atoms with E-state index in [0.29, 0.717) is 12.1 Å². The third-order valence-electron chi connectivity index (χ3n) is 3.81. The number of rotatable bonds is 4. The van der Waals surface area contributed by atoms with Gasteiger partial charge < -0.3 is 10.5 Å². The predicted octanol–water partition coefficient (Wildman–Crippen LogP) is 2.22. The number of benzene rings is 1. The van der Waals surface area contributed by atoms with Gasteiger partial charge >= 0.3 is 0 Å². The fourth-order valence-corrected chi connectivity index (χ4v) is 2.70. The molecule has 2 atom stereocenters. The van der Waals surface area contributed by atoms with Gasteiger partial charge in [-0.1, -0.05) is 6.07 Å². The van der Waals surface area contributed by atoms with E-state index in [1.165, 1.54) is 17.5 Å². The minimum absolute atomic E-state index is 0.438. The summed E-state index contributed by atoms with van der Waals surface area (Å²) in [4.78, 5) is 2.41. The molecule has 0 aliphatic heterocycles. The molecule has 0 aromatic heterocycles. The molecule has 0 heterocycles. The summed E-state index contributed by atoms with van der Waals surface area (Å²) < 4.78 is 5.23. The fraction of sp³-hybridized carbons (Fsp3) is 0.571. The summed E-state index contributed by atoms with van der Waals surface area (Å²) >= 11 is 0. The van der Waals surface area contributed by atoms with E-state index in [0.717, 1.165) is 18.7 Å². The first-order chi connectivity index (χ1) is 8.13. The summed E-state index contributed by atoms with van der Waals surface area (Å²) in [6.45, 7) is 2.98. The van der Waals surface area contributed by atoms with Crippen LogP contribution in [0.4, 0.5) is 5.69 Å². The lowest BCUT2D eigenvalue weighted by atomic mass is 10.1. The average Bonchev–Trinajstić information content (AvgIpc) is 2.71. The van der Waals surface area contributed by atoms with Crippen molar-refractivity contribution in [2.24, 2.45) is 0 Å². The minimum Gasteiger partial charge on any atom is -0.399 e. The number of anilines is 1. The van der Waals surface area contributed by atoms with Crippen LogP contribution in [0.25, 0.3) is 0 Å². The van der Waals surface area contributed by atoms with Gasteiger partial charge in [0.25, 0.3) is 0 Å². The van der Waals surface area contributed by atoms with Crippen molar-refractivity contribution in [2.75, 3.05) is 26.5 Å². The molecule has 0 bridgehead atoms. The third kappa shape index (κ3) is 2.45. The normalized spacial score (nSPS) is 20.6. The molecule has 17 heavy (non-hydrogen) atoms. The van der Waals surface area contributed by atoms with Crippen LogP contribution in [0, 0.1) is 0 Å². The summed E-state index contributed by atoms with van der Waals surface area (Å²) in [5, 5.41) is 0. The van der Waals surface area contributed by atoms with Gasteiger partial charge in [-0.2, -0.15) is 0 Å². The van der Waals surface area contributed by atoms with Crippen molar-refractivity contribution in [3.63, 3.8) is 0 Å². The molecule has 94 valence electrons. The van der Waals surface area contributed by atoms with Crippen molar-refractivity contribution in [1.82, 2.24) is 4.90 Å². The first-order valence-electron chi connectivity index (χ1n) is 6.22. The molecule has 2 N–H and O–H groups in total. The molecule has 1 aliphatic rings. The molecule has 1 aromatic rings. The zero-order chi connectivity index (χ0) is 12.4. The maximum absolute atomic E-state index is 5.83. The molecule has 0 fully saturated rings. The molecular formula is C14H22N2O. The number of methoxy groups -OCH3 is 1. The van der Waals surface area contributed by atoms with Gasteiger partial charge in [0.2, 0.25) is 0 Å². The molecular weight excluding hydrogens is 212 g/mol. The van der Waals surface area contributed by atoms with Gasteiger partial charge in [0.1, 0.15) is 0 Å². The maximum Gasteiger partial charge on any atom is 0.0615 e. The van der Waals surface area contributed by atoms with Crippen LogP contribution in [-0.2, 0) is 11.2 Å². The van der Waals surface area contributed by atoms with Gasteiger partial charge in [-0.05, 0) is 50.1 Å². The number of nitrogen functional groups attached to an aromatic ring is 1. The molecule has 0 amide bonds. The lowest BCUT2D eigenvalue weighted by Gasteiger charge is -2.30. The Bertz CT molecular complexity index is 392. The topological polar surface area (TPSA) is 38.5 Å². The Morgan fingerprint density at radius 1 is 1.53 bits per heavy atom. The Morgan fingerprint density at radius 3 is 3.00 bits per heavy atom. The van der Waals surface area contributed by atoms with Gasteiger partial charge in [-0.15, -0.1) is 0 Å². The zero-order valence-corrected chi connectivity index (χ0v) is 10.9. The number of aryl methyl sites for hydroxylation is 1. The minimum atomic E-state index is 0.438. The zero-order valence-electron chi connectivity index (χ0n) is 10.9. The van der Waals surface area contributed by atoms with E-state index in [-0.39, 0.29) is 0 Å². The van der Waals surface area contributed by atoms with Crippen LogP contribution < -0.4 is 5.73 Å². The number of hydrogen-bond acceptors (Lipinski definition) is 3. The Kier molecular flexibility index (Phi) is 3.69. The lowest BCUT2D eigenvalue weighted by Crippen LogP contribution is -2.35. The maximum atomic E-state index is 5.83. The molecule has 0 radical (unpaired) electrons. The Morgan fingerprint density at radius 2 is 2.29 bits per heavy atom. The van der Waals surface area contributed by atoms with Crippen molar-refractivity contribution >= 4 is 5.69 Å². The number of ether oxygens (including phenoxy) is 1. The van der Waals surface area contributed by atoms with Crippen LogP contribution in [0.1, 0.15) is 30.5 Å². The number of nitrogens with zero attached hydrogens (tertiary/aromatic N) is 1. The van der Waals surface area contributed by atoms with E-state index in [1.807, 2.05) is 6.07 Å². The van der Waals surface area contributed by atoms with E-state index in [9.17, 15) is 0 Å². The second-order valence-electron chi connectivity index (χ2n) is 4.98. The van der Waals surface area contributed by atoms with Crippen molar-refractivity contribution in [1.29, 1.82) is 0 Å². The molecule has 1 aromatic carbocycles. The number of likely N-dealkylation sites (N-methyl/N-ethyl adjacent to an activating group) is 1. The van der Waals surface area contributed by atoms with Crippen molar-refractivity contribution < 1.29 is 4.74 Å². The van der Waals surface area contributed by atoms with E-state index in [4.69, 9.17) is 10.5 Å². The first-order valence-corrected chi connectivity index (χ1v) is 6.22. The molecule has 0 saturated heterocycles. The SMILES string of the molecule is COCC(C)N(C)C1CCc2cc(N)ccc21. The van der Waals surface area contributed by atoms with Crippen LogP contribution in [0.2, 0.25) is 0 Å². The molecule has 0 saturated carbocycles. The van der Waals surface area contributed by atoms with Gasteiger partial charge in [-0.3, -0.25) is 4.90 Å². The highest BCUT2D eigenvalue weighted by atomic mass is 16.5. The van der Waals surface area contributed by atoms with Crippen molar-refractivity contribution in [2.45, 2.75) is 31.8 Å². The highest BCUT2D eigenvalue weighted by Crippen LogP contribution is 2.36. The first kappa shape index (κ1) is 12.4. The van der Waals surface area contributed by atoms with Gasteiger partial charge in [0.05, 0.1) is 6.61 Å². The largest absolute Gasteiger partial charge is 0.399 e. The Hall–Kier alpha value is -1.06. The second-order valence-corrected chi connectivity index (χ2v) is 4.98. The fourth-order valence-electron chi connectivity index (χ4n) is 2.70. The van der Waals surface area contributed by atoms with Crippen molar-refractivity contribution in [3.8, 4) is 0 Å². The van der Waals surface area contributed by atoms with Gasteiger partial charge in [0, 0.05) is 24.9 Å². The quantitative estimate of drug-likeness (QED) is 0.812. The summed E-state index contributed by atoms with van der Waals surface area (Å²) in [6.07, 6.45) is 2.32. The molecule has 3 heteroatoms. The number of fused-ring (bicyclic) bond motifs is 1. The van der Waals surface area contributed by atoms with Crippen LogP contribution in [0.3, 0.4) is 0 Å². The van der Waals surface area contributed by atoms with E-state index in [2.05, 4.69) is 31.0 Å².